The summed E-state index contributed by atoms with van der Waals surface area (Å²) >= 11 is 1.80. The minimum absolute atomic E-state index is 0.100. The normalized spacial score (nSPS) is 12.6. The lowest BCUT2D eigenvalue weighted by Gasteiger charge is -2.07. The Balaban J connectivity index is 1.98. The predicted molar refractivity (Wildman–Crippen MR) is 76.5 cm³/mol. The van der Waals surface area contributed by atoms with E-state index >= 15 is 0 Å². The monoisotopic (exact) mass is 261 g/mol. The second-order valence-corrected chi connectivity index (χ2v) is 5.32. The molecule has 4 heteroatoms. The number of benzene rings is 1. The Morgan fingerprint density at radius 2 is 2.06 bits per heavy atom. The van der Waals surface area contributed by atoms with Crippen LogP contribution in [0.5, 0.6) is 0 Å². The minimum Gasteiger partial charge on any atom is -0.335 e. The van der Waals surface area contributed by atoms with E-state index in [0.717, 1.165) is 18.1 Å². The Morgan fingerprint density at radius 3 is 2.67 bits per heavy atom. The Bertz CT molecular complexity index is 488. The van der Waals surface area contributed by atoms with Crippen LogP contribution in [0.4, 0.5) is 0 Å². The van der Waals surface area contributed by atoms with Gasteiger partial charge in [0.1, 0.15) is 5.82 Å². The Kier molecular flexibility index (Phi) is 4.44. The molecule has 1 aromatic carbocycles. The van der Waals surface area contributed by atoms with Crippen molar-refractivity contribution in [1.82, 2.24) is 9.55 Å². The van der Waals surface area contributed by atoms with Crippen LogP contribution in [0.2, 0.25) is 0 Å². The molecule has 1 unspecified atom stereocenters. The van der Waals surface area contributed by atoms with Gasteiger partial charge in [0.25, 0.3) is 0 Å². The van der Waals surface area contributed by atoms with Crippen molar-refractivity contribution in [2.45, 2.75) is 37.1 Å². The zero-order chi connectivity index (χ0) is 13.0. The molecule has 0 radical (unpaired) electrons. The summed E-state index contributed by atoms with van der Waals surface area (Å²) in [5.74, 6) is 2.03. The third-order valence-corrected chi connectivity index (χ3v) is 3.92. The minimum atomic E-state index is 0.100. The number of aryl methyl sites for hydroxylation is 1. The third kappa shape index (κ3) is 3.15. The van der Waals surface area contributed by atoms with E-state index in [1.807, 2.05) is 19.3 Å². The van der Waals surface area contributed by atoms with Crippen LogP contribution in [0.3, 0.4) is 0 Å². The van der Waals surface area contributed by atoms with Gasteiger partial charge in [0.15, 0.2) is 0 Å². The molecule has 0 aliphatic carbocycles. The first kappa shape index (κ1) is 13.2. The summed E-state index contributed by atoms with van der Waals surface area (Å²) in [5.41, 5.74) is 7.01. The first-order chi connectivity index (χ1) is 8.70. The van der Waals surface area contributed by atoms with Gasteiger partial charge >= 0.3 is 0 Å². The number of thioether (sulfide) groups is 1. The van der Waals surface area contributed by atoms with Crippen LogP contribution >= 0.6 is 11.8 Å². The molecule has 0 aliphatic heterocycles. The largest absolute Gasteiger partial charge is 0.335 e. The molecule has 1 aromatic heterocycles. The smallest absolute Gasteiger partial charge is 0.119 e. The Labute approximate surface area is 112 Å². The zero-order valence-electron chi connectivity index (χ0n) is 10.8. The van der Waals surface area contributed by atoms with Crippen LogP contribution in [-0.4, -0.2) is 9.55 Å². The third-order valence-electron chi connectivity index (χ3n) is 2.92. The summed E-state index contributed by atoms with van der Waals surface area (Å²) in [7, 11) is 0. The van der Waals surface area contributed by atoms with E-state index in [2.05, 4.69) is 40.7 Å². The molecule has 0 amide bonds. The second-order valence-electron chi connectivity index (χ2n) is 4.28. The molecule has 1 atom stereocenters. The van der Waals surface area contributed by atoms with Gasteiger partial charge in [-0.05, 0) is 31.5 Å². The summed E-state index contributed by atoms with van der Waals surface area (Å²) in [4.78, 5) is 5.62. The number of imidazole rings is 1. The van der Waals surface area contributed by atoms with Crippen molar-refractivity contribution < 1.29 is 0 Å². The maximum atomic E-state index is 5.83. The first-order valence-corrected chi connectivity index (χ1v) is 7.17. The summed E-state index contributed by atoms with van der Waals surface area (Å²) in [5, 5.41) is 0. The van der Waals surface area contributed by atoms with Crippen molar-refractivity contribution in [2.75, 3.05) is 0 Å². The lowest BCUT2D eigenvalue weighted by molar-refractivity contribution is 0.725. The molecule has 0 saturated carbocycles. The maximum Gasteiger partial charge on any atom is 0.119 e. The summed E-state index contributed by atoms with van der Waals surface area (Å²) < 4.78 is 2.17. The lowest BCUT2D eigenvalue weighted by Crippen LogP contribution is -2.04. The van der Waals surface area contributed by atoms with Crippen molar-refractivity contribution in [2.24, 2.45) is 5.73 Å². The van der Waals surface area contributed by atoms with Gasteiger partial charge in [0.2, 0.25) is 0 Å². The number of aromatic nitrogens is 2. The van der Waals surface area contributed by atoms with Crippen LogP contribution in [0.1, 0.15) is 31.3 Å². The van der Waals surface area contributed by atoms with E-state index in [1.165, 1.54) is 10.5 Å². The molecule has 0 spiro atoms. The lowest BCUT2D eigenvalue weighted by atomic mass is 10.1. The quantitative estimate of drug-likeness (QED) is 0.840. The van der Waals surface area contributed by atoms with Gasteiger partial charge in [-0.1, -0.05) is 12.1 Å². The average molecular weight is 261 g/mol. The van der Waals surface area contributed by atoms with Crippen LogP contribution in [0.25, 0.3) is 0 Å². The summed E-state index contributed by atoms with van der Waals surface area (Å²) in [6.07, 6.45) is 3.88. The van der Waals surface area contributed by atoms with Gasteiger partial charge in [-0.25, -0.2) is 4.98 Å². The van der Waals surface area contributed by atoms with Gasteiger partial charge in [0.05, 0.1) is 5.75 Å². The van der Waals surface area contributed by atoms with Gasteiger partial charge in [0, 0.05) is 29.9 Å². The highest BCUT2D eigenvalue weighted by atomic mass is 32.2. The van der Waals surface area contributed by atoms with Gasteiger partial charge in [-0.15, -0.1) is 11.8 Å². The Hall–Kier alpha value is -1.26. The molecular formula is C14H19N3S. The maximum absolute atomic E-state index is 5.83. The highest BCUT2D eigenvalue weighted by Crippen LogP contribution is 2.23. The molecule has 0 aliphatic rings. The van der Waals surface area contributed by atoms with Gasteiger partial charge in [-0.3, -0.25) is 0 Å². The molecule has 3 nitrogen and oxygen atoms in total. The molecule has 0 bridgehead atoms. The van der Waals surface area contributed by atoms with Gasteiger partial charge < -0.3 is 10.3 Å². The van der Waals surface area contributed by atoms with Crippen LogP contribution in [-0.2, 0) is 12.3 Å². The number of nitrogens with zero attached hydrogens (tertiary/aromatic N) is 2. The highest BCUT2D eigenvalue weighted by molar-refractivity contribution is 7.98. The Morgan fingerprint density at radius 1 is 1.33 bits per heavy atom. The molecular weight excluding hydrogens is 242 g/mol. The van der Waals surface area contributed by atoms with Crippen molar-refractivity contribution in [3.63, 3.8) is 0 Å². The van der Waals surface area contributed by atoms with E-state index in [-0.39, 0.29) is 6.04 Å². The number of hydrogen-bond acceptors (Lipinski definition) is 3. The predicted octanol–water partition coefficient (Wildman–Crippen LogP) is 3.22. The van der Waals surface area contributed by atoms with Crippen LogP contribution in [0.15, 0.2) is 41.6 Å². The molecule has 1 heterocycles. The topological polar surface area (TPSA) is 43.8 Å². The molecule has 2 aromatic rings. The van der Waals surface area contributed by atoms with Crippen molar-refractivity contribution in [3.8, 4) is 0 Å². The summed E-state index contributed by atoms with van der Waals surface area (Å²) in [6, 6.07) is 8.55. The number of nitrogens with two attached hydrogens (primary N) is 1. The van der Waals surface area contributed by atoms with E-state index in [1.54, 1.807) is 11.8 Å². The van der Waals surface area contributed by atoms with Crippen molar-refractivity contribution in [1.29, 1.82) is 0 Å². The van der Waals surface area contributed by atoms with E-state index < -0.39 is 0 Å². The molecule has 96 valence electrons. The fourth-order valence-electron chi connectivity index (χ4n) is 1.78. The van der Waals surface area contributed by atoms with E-state index in [4.69, 9.17) is 5.73 Å². The van der Waals surface area contributed by atoms with Crippen LogP contribution in [0, 0.1) is 0 Å². The standard InChI is InChI=1S/C14H19N3S/c1-3-17-9-8-16-14(17)10-18-13-6-4-12(5-7-13)11(2)15/h4-9,11H,3,10,15H2,1-2H3. The average Bonchev–Trinajstić information content (AvgIpc) is 2.84. The molecule has 18 heavy (non-hydrogen) atoms. The zero-order valence-corrected chi connectivity index (χ0v) is 11.7. The molecule has 2 N–H and O–H groups in total. The van der Waals surface area contributed by atoms with Crippen molar-refractivity contribution >= 4 is 11.8 Å². The van der Waals surface area contributed by atoms with E-state index in [0.29, 0.717) is 0 Å². The molecule has 2 rings (SSSR count). The number of rotatable bonds is 5. The van der Waals surface area contributed by atoms with Crippen molar-refractivity contribution in [3.05, 3.63) is 48.0 Å². The fourth-order valence-corrected chi connectivity index (χ4v) is 2.65. The van der Waals surface area contributed by atoms with Crippen LogP contribution < -0.4 is 5.73 Å². The second kappa shape index (κ2) is 6.07. The highest BCUT2D eigenvalue weighted by Gasteiger charge is 2.03. The SMILES string of the molecule is CCn1ccnc1CSc1ccc(C(C)N)cc1. The number of hydrogen-bond donors (Lipinski definition) is 1. The summed E-state index contributed by atoms with van der Waals surface area (Å²) in [6.45, 7) is 5.10. The van der Waals surface area contributed by atoms with Gasteiger partial charge in [-0.2, -0.15) is 0 Å². The molecule has 0 fully saturated rings. The molecule has 0 saturated heterocycles. The first-order valence-electron chi connectivity index (χ1n) is 6.19. The van der Waals surface area contributed by atoms with E-state index in [9.17, 15) is 0 Å². The fraction of sp³-hybridized carbons (Fsp3) is 0.357.